The van der Waals surface area contributed by atoms with Gasteiger partial charge in [-0.05, 0) is 37.6 Å². The number of imidazole rings is 1. The number of aryl methyl sites for hydroxylation is 2. The maximum Gasteiger partial charge on any atom is 0.121 e. The summed E-state index contributed by atoms with van der Waals surface area (Å²) in [5, 5.41) is 11.6. The van der Waals surface area contributed by atoms with Crippen molar-refractivity contribution >= 4 is 10.9 Å². The van der Waals surface area contributed by atoms with E-state index in [1.54, 1.807) is 12.5 Å². The van der Waals surface area contributed by atoms with Gasteiger partial charge in [-0.3, -0.25) is 4.98 Å². The Morgan fingerprint density at radius 3 is 2.90 bits per heavy atom. The molecule has 0 amide bonds. The van der Waals surface area contributed by atoms with Crippen molar-refractivity contribution in [3.8, 4) is 0 Å². The van der Waals surface area contributed by atoms with Crippen LogP contribution < -0.4 is 0 Å². The third-order valence-corrected chi connectivity index (χ3v) is 3.53. The Morgan fingerprint density at radius 2 is 2.10 bits per heavy atom. The van der Waals surface area contributed by atoms with Crippen molar-refractivity contribution in [3.63, 3.8) is 0 Å². The molecule has 0 aliphatic rings. The highest BCUT2D eigenvalue weighted by Crippen LogP contribution is 2.25. The Labute approximate surface area is 117 Å². The molecule has 0 saturated heterocycles. The van der Waals surface area contributed by atoms with Crippen LogP contribution in [0.1, 0.15) is 30.0 Å². The van der Waals surface area contributed by atoms with Gasteiger partial charge in [-0.15, -0.1) is 0 Å². The van der Waals surface area contributed by atoms with E-state index in [9.17, 15) is 5.11 Å². The molecule has 4 nitrogen and oxygen atoms in total. The van der Waals surface area contributed by atoms with Crippen molar-refractivity contribution in [2.24, 2.45) is 0 Å². The van der Waals surface area contributed by atoms with Crippen molar-refractivity contribution in [1.29, 1.82) is 0 Å². The number of pyridine rings is 1. The summed E-state index contributed by atoms with van der Waals surface area (Å²) in [5.74, 6) is 0. The molecule has 1 aromatic carbocycles. The first-order chi connectivity index (χ1) is 9.69. The lowest BCUT2D eigenvalue weighted by atomic mass is 10.0. The topological polar surface area (TPSA) is 50.9 Å². The van der Waals surface area contributed by atoms with Gasteiger partial charge in [0.05, 0.1) is 23.7 Å². The van der Waals surface area contributed by atoms with E-state index in [4.69, 9.17) is 0 Å². The summed E-state index contributed by atoms with van der Waals surface area (Å²) in [6.07, 6.45) is 2.79. The molecule has 2 aromatic heterocycles. The van der Waals surface area contributed by atoms with Crippen molar-refractivity contribution in [2.75, 3.05) is 0 Å². The molecule has 1 atom stereocenters. The lowest BCUT2D eigenvalue weighted by Crippen LogP contribution is -2.07. The van der Waals surface area contributed by atoms with E-state index in [0.717, 1.165) is 34.4 Å². The zero-order valence-corrected chi connectivity index (χ0v) is 11.6. The SMILES string of the molecule is CCn1cncc1C(O)c1ccc2nc(C)ccc2c1. The predicted molar refractivity (Wildman–Crippen MR) is 78.4 cm³/mol. The molecule has 0 bridgehead atoms. The average molecular weight is 267 g/mol. The van der Waals surface area contributed by atoms with Gasteiger partial charge in [0.15, 0.2) is 0 Å². The molecule has 20 heavy (non-hydrogen) atoms. The van der Waals surface area contributed by atoms with Crippen LogP contribution in [0.3, 0.4) is 0 Å². The van der Waals surface area contributed by atoms with Crippen LogP contribution in [-0.2, 0) is 6.54 Å². The van der Waals surface area contributed by atoms with Gasteiger partial charge in [0, 0.05) is 17.6 Å². The molecule has 0 aliphatic carbocycles. The molecule has 0 radical (unpaired) electrons. The fraction of sp³-hybridized carbons (Fsp3) is 0.250. The fourth-order valence-electron chi connectivity index (χ4n) is 2.41. The number of hydrogen-bond acceptors (Lipinski definition) is 3. The number of rotatable bonds is 3. The number of aromatic nitrogens is 3. The third kappa shape index (κ3) is 2.18. The van der Waals surface area contributed by atoms with Crippen LogP contribution in [0.5, 0.6) is 0 Å². The molecule has 3 rings (SSSR count). The number of aliphatic hydroxyl groups excluding tert-OH is 1. The second-order valence-corrected chi connectivity index (χ2v) is 4.91. The standard InChI is InChI=1S/C16H17N3O/c1-3-19-10-17-9-15(19)16(20)13-6-7-14-12(8-13)5-4-11(2)18-14/h4-10,16,20H,3H2,1-2H3. The van der Waals surface area contributed by atoms with Crippen LogP contribution in [0.4, 0.5) is 0 Å². The molecule has 102 valence electrons. The summed E-state index contributed by atoms with van der Waals surface area (Å²) < 4.78 is 1.95. The normalized spacial score (nSPS) is 12.8. The van der Waals surface area contributed by atoms with Gasteiger partial charge in [-0.1, -0.05) is 12.1 Å². The molecule has 0 saturated carbocycles. The molecule has 4 heteroatoms. The summed E-state index contributed by atoms with van der Waals surface area (Å²) in [6, 6.07) is 9.87. The Morgan fingerprint density at radius 1 is 1.25 bits per heavy atom. The first-order valence-corrected chi connectivity index (χ1v) is 6.74. The average Bonchev–Trinajstić information content (AvgIpc) is 2.94. The monoisotopic (exact) mass is 267 g/mol. The summed E-state index contributed by atoms with van der Waals surface area (Å²) >= 11 is 0. The number of benzene rings is 1. The van der Waals surface area contributed by atoms with Crippen molar-refractivity contribution in [2.45, 2.75) is 26.5 Å². The lowest BCUT2D eigenvalue weighted by molar-refractivity contribution is 0.210. The summed E-state index contributed by atoms with van der Waals surface area (Å²) in [6.45, 7) is 4.80. The van der Waals surface area contributed by atoms with Crippen molar-refractivity contribution in [1.82, 2.24) is 14.5 Å². The minimum Gasteiger partial charge on any atom is -0.382 e. The Kier molecular flexibility index (Phi) is 3.24. The van der Waals surface area contributed by atoms with Gasteiger partial charge in [0.2, 0.25) is 0 Å². The minimum absolute atomic E-state index is 0.664. The zero-order valence-electron chi connectivity index (χ0n) is 11.6. The fourth-order valence-corrected chi connectivity index (χ4v) is 2.41. The predicted octanol–water partition coefficient (Wildman–Crippen LogP) is 2.84. The number of nitrogens with zero attached hydrogens (tertiary/aromatic N) is 3. The molecule has 1 unspecified atom stereocenters. The molecular weight excluding hydrogens is 250 g/mol. The van der Waals surface area contributed by atoms with E-state index >= 15 is 0 Å². The molecule has 2 heterocycles. The summed E-state index contributed by atoms with van der Waals surface area (Å²) in [4.78, 5) is 8.58. The largest absolute Gasteiger partial charge is 0.382 e. The van der Waals surface area contributed by atoms with Crippen molar-refractivity contribution in [3.05, 3.63) is 59.8 Å². The Hall–Kier alpha value is -2.20. The molecule has 0 fully saturated rings. The second kappa shape index (κ2) is 5.06. The van der Waals surface area contributed by atoms with E-state index in [1.165, 1.54) is 0 Å². The molecule has 3 aromatic rings. The molecular formula is C16H17N3O. The molecule has 0 spiro atoms. The highest BCUT2D eigenvalue weighted by molar-refractivity contribution is 5.79. The van der Waals surface area contributed by atoms with Crippen LogP contribution in [0.25, 0.3) is 10.9 Å². The second-order valence-electron chi connectivity index (χ2n) is 4.91. The van der Waals surface area contributed by atoms with E-state index in [1.807, 2.05) is 48.7 Å². The molecule has 1 N–H and O–H groups in total. The Balaban J connectivity index is 2.03. The summed E-state index contributed by atoms with van der Waals surface area (Å²) in [7, 11) is 0. The van der Waals surface area contributed by atoms with Crippen LogP contribution in [0.15, 0.2) is 42.9 Å². The number of hydrogen-bond donors (Lipinski definition) is 1. The maximum atomic E-state index is 10.5. The van der Waals surface area contributed by atoms with E-state index < -0.39 is 6.10 Å². The number of fused-ring (bicyclic) bond motifs is 1. The number of aliphatic hydroxyl groups is 1. The summed E-state index contributed by atoms with van der Waals surface area (Å²) in [5.41, 5.74) is 3.62. The highest BCUT2D eigenvalue weighted by Gasteiger charge is 2.15. The van der Waals surface area contributed by atoms with Gasteiger partial charge in [0.1, 0.15) is 6.10 Å². The van der Waals surface area contributed by atoms with E-state index in [0.29, 0.717) is 0 Å². The van der Waals surface area contributed by atoms with Crippen LogP contribution in [-0.4, -0.2) is 19.6 Å². The van der Waals surface area contributed by atoms with Gasteiger partial charge >= 0.3 is 0 Å². The minimum atomic E-state index is -0.664. The Bertz CT molecular complexity index is 748. The third-order valence-electron chi connectivity index (χ3n) is 3.53. The van der Waals surface area contributed by atoms with Crippen LogP contribution in [0.2, 0.25) is 0 Å². The lowest BCUT2D eigenvalue weighted by Gasteiger charge is -2.13. The maximum absolute atomic E-state index is 10.5. The highest BCUT2D eigenvalue weighted by atomic mass is 16.3. The van der Waals surface area contributed by atoms with Crippen LogP contribution in [0, 0.1) is 6.92 Å². The quantitative estimate of drug-likeness (QED) is 0.794. The smallest absolute Gasteiger partial charge is 0.121 e. The van der Waals surface area contributed by atoms with Crippen LogP contribution >= 0.6 is 0 Å². The van der Waals surface area contributed by atoms with E-state index in [-0.39, 0.29) is 0 Å². The first-order valence-electron chi connectivity index (χ1n) is 6.74. The van der Waals surface area contributed by atoms with Gasteiger partial charge < -0.3 is 9.67 Å². The van der Waals surface area contributed by atoms with Gasteiger partial charge in [-0.25, -0.2) is 4.98 Å². The van der Waals surface area contributed by atoms with Crippen molar-refractivity contribution < 1.29 is 5.11 Å². The zero-order chi connectivity index (χ0) is 14.1. The van der Waals surface area contributed by atoms with Gasteiger partial charge in [0.25, 0.3) is 0 Å². The molecule has 0 aliphatic heterocycles. The van der Waals surface area contributed by atoms with Gasteiger partial charge in [-0.2, -0.15) is 0 Å². The first kappa shape index (κ1) is 12.8. The van der Waals surface area contributed by atoms with E-state index in [2.05, 4.69) is 9.97 Å².